The molecule has 2 rings (SSSR count). The minimum absolute atomic E-state index is 0.341. The summed E-state index contributed by atoms with van der Waals surface area (Å²) in [5, 5.41) is 9.58. The molecule has 1 aliphatic rings. The maximum atomic E-state index is 9.58. The fraction of sp³-hybridized carbons (Fsp3) is 0.571. The molecule has 1 aromatic carbocycles. The molecule has 0 aliphatic carbocycles. The SMILES string of the molecule is CC1CN(C)CCCN1Cc1cc(O)ccc1Br. The predicted octanol–water partition coefficient (Wildman–Crippen LogP) is 2.68. The number of phenols is 1. The van der Waals surface area contributed by atoms with Crippen LogP contribution in [0.1, 0.15) is 18.9 Å². The van der Waals surface area contributed by atoms with Crippen molar-refractivity contribution in [3.8, 4) is 5.75 Å². The van der Waals surface area contributed by atoms with Crippen molar-refractivity contribution in [2.45, 2.75) is 25.9 Å². The third-order valence-electron chi connectivity index (χ3n) is 3.59. The number of hydrogen-bond donors (Lipinski definition) is 1. The molecule has 0 saturated carbocycles. The van der Waals surface area contributed by atoms with Crippen molar-refractivity contribution in [2.24, 2.45) is 0 Å². The first-order chi connectivity index (χ1) is 8.56. The van der Waals surface area contributed by atoms with E-state index in [4.69, 9.17) is 0 Å². The molecular weight excluding hydrogens is 292 g/mol. The van der Waals surface area contributed by atoms with Gasteiger partial charge in [-0.3, -0.25) is 4.90 Å². The highest BCUT2D eigenvalue weighted by molar-refractivity contribution is 9.10. The number of aromatic hydroxyl groups is 1. The van der Waals surface area contributed by atoms with Gasteiger partial charge in [-0.1, -0.05) is 15.9 Å². The average molecular weight is 313 g/mol. The quantitative estimate of drug-likeness (QED) is 0.909. The number of hydrogen-bond acceptors (Lipinski definition) is 3. The van der Waals surface area contributed by atoms with Gasteiger partial charge in [0.25, 0.3) is 0 Å². The molecule has 0 amide bonds. The molecule has 1 aliphatic heterocycles. The van der Waals surface area contributed by atoms with Crippen molar-refractivity contribution in [3.05, 3.63) is 28.2 Å². The van der Waals surface area contributed by atoms with Crippen molar-refractivity contribution in [2.75, 3.05) is 26.7 Å². The summed E-state index contributed by atoms with van der Waals surface area (Å²) in [6.07, 6.45) is 1.21. The molecule has 0 radical (unpaired) electrons. The lowest BCUT2D eigenvalue weighted by Gasteiger charge is -2.28. The topological polar surface area (TPSA) is 26.7 Å². The van der Waals surface area contributed by atoms with Crippen LogP contribution in [0.3, 0.4) is 0 Å². The van der Waals surface area contributed by atoms with E-state index >= 15 is 0 Å². The Morgan fingerprint density at radius 2 is 2.17 bits per heavy atom. The number of rotatable bonds is 2. The van der Waals surface area contributed by atoms with Crippen LogP contribution in [-0.4, -0.2) is 47.6 Å². The molecule has 1 atom stereocenters. The zero-order valence-corrected chi connectivity index (χ0v) is 12.7. The Morgan fingerprint density at radius 1 is 1.39 bits per heavy atom. The average Bonchev–Trinajstić information content (AvgIpc) is 2.46. The first kappa shape index (κ1) is 13.8. The van der Waals surface area contributed by atoms with E-state index < -0.39 is 0 Å². The summed E-state index contributed by atoms with van der Waals surface area (Å²) in [6, 6.07) is 6.03. The van der Waals surface area contributed by atoms with Crippen LogP contribution in [0.2, 0.25) is 0 Å². The number of likely N-dealkylation sites (N-methyl/N-ethyl adjacent to an activating group) is 1. The highest BCUT2D eigenvalue weighted by atomic mass is 79.9. The Balaban J connectivity index is 2.09. The van der Waals surface area contributed by atoms with Crippen molar-refractivity contribution in [3.63, 3.8) is 0 Å². The summed E-state index contributed by atoms with van der Waals surface area (Å²) in [5.41, 5.74) is 1.16. The van der Waals surface area contributed by atoms with Crippen LogP contribution in [0.15, 0.2) is 22.7 Å². The highest BCUT2D eigenvalue weighted by Crippen LogP contribution is 2.24. The van der Waals surface area contributed by atoms with Gasteiger partial charge < -0.3 is 10.0 Å². The molecule has 0 bridgehead atoms. The highest BCUT2D eigenvalue weighted by Gasteiger charge is 2.20. The summed E-state index contributed by atoms with van der Waals surface area (Å²) in [4.78, 5) is 4.88. The molecule has 1 N–H and O–H groups in total. The minimum atomic E-state index is 0.341. The predicted molar refractivity (Wildman–Crippen MR) is 77.8 cm³/mol. The summed E-state index contributed by atoms with van der Waals surface area (Å²) in [6.45, 7) is 6.56. The Labute approximate surface area is 118 Å². The zero-order chi connectivity index (χ0) is 13.1. The molecule has 4 heteroatoms. The van der Waals surface area contributed by atoms with E-state index in [9.17, 15) is 5.11 Å². The zero-order valence-electron chi connectivity index (χ0n) is 11.1. The largest absolute Gasteiger partial charge is 0.508 e. The lowest BCUT2D eigenvalue weighted by molar-refractivity contribution is 0.194. The standard InChI is InChI=1S/C14H21BrN2O/c1-11-9-16(2)6-3-7-17(11)10-12-8-13(18)4-5-14(12)15/h4-5,8,11,18H,3,6-7,9-10H2,1-2H3. The molecule has 0 spiro atoms. The van der Waals surface area contributed by atoms with Gasteiger partial charge in [-0.15, -0.1) is 0 Å². The van der Waals surface area contributed by atoms with Crippen molar-refractivity contribution in [1.29, 1.82) is 0 Å². The van der Waals surface area contributed by atoms with E-state index in [2.05, 4.69) is 39.7 Å². The number of benzene rings is 1. The van der Waals surface area contributed by atoms with Crippen LogP contribution < -0.4 is 0 Å². The fourth-order valence-electron chi connectivity index (χ4n) is 2.56. The number of halogens is 1. The van der Waals surface area contributed by atoms with E-state index in [0.717, 1.165) is 29.7 Å². The summed E-state index contributed by atoms with van der Waals surface area (Å²) in [5.74, 6) is 0.341. The lowest BCUT2D eigenvalue weighted by atomic mass is 10.1. The summed E-state index contributed by atoms with van der Waals surface area (Å²) in [7, 11) is 2.18. The van der Waals surface area contributed by atoms with Gasteiger partial charge in [0.05, 0.1) is 0 Å². The Morgan fingerprint density at radius 3 is 2.94 bits per heavy atom. The molecule has 100 valence electrons. The maximum absolute atomic E-state index is 9.58. The van der Waals surface area contributed by atoms with Crippen LogP contribution in [0.4, 0.5) is 0 Å². The van der Waals surface area contributed by atoms with Crippen molar-refractivity contribution >= 4 is 15.9 Å². The molecule has 1 aromatic rings. The van der Waals surface area contributed by atoms with Gasteiger partial charge in [0.1, 0.15) is 5.75 Å². The smallest absolute Gasteiger partial charge is 0.115 e. The van der Waals surface area contributed by atoms with Gasteiger partial charge >= 0.3 is 0 Å². The Hall–Kier alpha value is -0.580. The summed E-state index contributed by atoms with van der Waals surface area (Å²) >= 11 is 3.56. The first-order valence-corrected chi connectivity index (χ1v) is 7.25. The molecule has 3 nitrogen and oxygen atoms in total. The normalized spacial score (nSPS) is 22.9. The second-order valence-corrected chi connectivity index (χ2v) is 6.07. The molecule has 1 fully saturated rings. The summed E-state index contributed by atoms with van der Waals surface area (Å²) < 4.78 is 1.07. The molecule has 1 unspecified atom stereocenters. The molecule has 18 heavy (non-hydrogen) atoms. The number of nitrogens with zero attached hydrogens (tertiary/aromatic N) is 2. The third-order valence-corrected chi connectivity index (χ3v) is 4.36. The third kappa shape index (κ3) is 3.46. The van der Waals surface area contributed by atoms with Gasteiger partial charge in [-0.05, 0) is 50.7 Å². The Kier molecular flexibility index (Phi) is 4.65. The molecular formula is C14H21BrN2O. The number of phenolic OH excluding ortho intramolecular Hbond substituents is 1. The van der Waals surface area contributed by atoms with Gasteiger partial charge in [-0.25, -0.2) is 0 Å². The maximum Gasteiger partial charge on any atom is 0.115 e. The van der Waals surface area contributed by atoms with Crippen molar-refractivity contribution in [1.82, 2.24) is 9.80 Å². The van der Waals surface area contributed by atoms with Crippen LogP contribution in [-0.2, 0) is 6.54 Å². The minimum Gasteiger partial charge on any atom is -0.508 e. The van der Waals surface area contributed by atoms with E-state index in [0.29, 0.717) is 11.8 Å². The van der Waals surface area contributed by atoms with Crippen LogP contribution >= 0.6 is 15.9 Å². The van der Waals surface area contributed by atoms with Gasteiger partial charge in [-0.2, -0.15) is 0 Å². The monoisotopic (exact) mass is 312 g/mol. The van der Waals surface area contributed by atoms with E-state index in [-0.39, 0.29) is 0 Å². The Bertz CT molecular complexity index is 411. The van der Waals surface area contributed by atoms with Crippen molar-refractivity contribution < 1.29 is 5.11 Å². The molecule has 1 heterocycles. The van der Waals surface area contributed by atoms with E-state index in [1.54, 1.807) is 6.07 Å². The fourth-order valence-corrected chi connectivity index (χ4v) is 2.93. The molecule has 0 aromatic heterocycles. The van der Waals surface area contributed by atoms with Crippen LogP contribution in [0, 0.1) is 0 Å². The van der Waals surface area contributed by atoms with Crippen LogP contribution in [0.5, 0.6) is 5.75 Å². The first-order valence-electron chi connectivity index (χ1n) is 6.46. The molecule has 1 saturated heterocycles. The second kappa shape index (κ2) is 6.04. The van der Waals surface area contributed by atoms with Gasteiger partial charge in [0.15, 0.2) is 0 Å². The second-order valence-electron chi connectivity index (χ2n) is 5.21. The van der Waals surface area contributed by atoms with Gasteiger partial charge in [0.2, 0.25) is 0 Å². The van der Waals surface area contributed by atoms with Crippen LogP contribution in [0.25, 0.3) is 0 Å². The van der Waals surface area contributed by atoms with Gasteiger partial charge in [0, 0.05) is 30.1 Å². The van der Waals surface area contributed by atoms with E-state index in [1.165, 1.54) is 13.0 Å². The lowest BCUT2D eigenvalue weighted by Crippen LogP contribution is -2.37. The van der Waals surface area contributed by atoms with E-state index in [1.807, 2.05) is 12.1 Å².